The normalized spacial score (nSPS) is 12.3. The minimum absolute atomic E-state index is 0.537. The largest absolute Gasteiger partial charge is 0.495 e. The molecular formula is C13H15BrN2O3. The quantitative estimate of drug-likeness (QED) is 0.936. The Morgan fingerprint density at radius 2 is 2.05 bits per heavy atom. The molecule has 1 unspecified atom stereocenters. The number of aromatic nitrogens is 2. The summed E-state index contributed by atoms with van der Waals surface area (Å²) in [6.07, 6.45) is 2.56. The highest BCUT2D eigenvalue weighted by Gasteiger charge is 2.22. The van der Waals surface area contributed by atoms with E-state index in [9.17, 15) is 5.11 Å². The van der Waals surface area contributed by atoms with Crippen molar-refractivity contribution in [1.82, 2.24) is 9.55 Å². The van der Waals surface area contributed by atoms with Crippen molar-refractivity contribution >= 4 is 15.9 Å². The molecule has 1 aromatic heterocycles. The van der Waals surface area contributed by atoms with Gasteiger partial charge in [-0.25, -0.2) is 4.98 Å². The van der Waals surface area contributed by atoms with Gasteiger partial charge in [0.05, 0.1) is 14.2 Å². The minimum Gasteiger partial charge on any atom is -0.495 e. The second-order valence-electron chi connectivity index (χ2n) is 4.00. The standard InChI is InChI=1S/C13H15BrN2O3/c1-16-7-6-15-13(16)11(17)8-4-5-9(18-2)10(14)12(8)19-3/h4-7,11,17H,1-3H3. The summed E-state index contributed by atoms with van der Waals surface area (Å²) in [7, 11) is 4.96. The number of methoxy groups -OCH3 is 2. The Hall–Kier alpha value is -1.53. The number of aliphatic hydroxyl groups is 1. The van der Waals surface area contributed by atoms with Gasteiger partial charge in [0.25, 0.3) is 0 Å². The Balaban J connectivity index is 2.51. The number of nitrogens with zero attached hydrogens (tertiary/aromatic N) is 2. The van der Waals surface area contributed by atoms with E-state index < -0.39 is 6.10 Å². The average molecular weight is 327 g/mol. The summed E-state index contributed by atoms with van der Waals surface area (Å²) in [6, 6.07) is 3.54. The molecular weight excluding hydrogens is 312 g/mol. The lowest BCUT2D eigenvalue weighted by Gasteiger charge is -2.17. The highest BCUT2D eigenvalue weighted by atomic mass is 79.9. The van der Waals surface area contributed by atoms with E-state index in [1.807, 2.05) is 7.05 Å². The molecule has 0 aliphatic carbocycles. The Labute approximate surface area is 119 Å². The highest BCUT2D eigenvalue weighted by Crippen LogP contribution is 2.40. The van der Waals surface area contributed by atoms with Crippen molar-refractivity contribution < 1.29 is 14.6 Å². The maximum absolute atomic E-state index is 10.4. The van der Waals surface area contributed by atoms with Gasteiger partial charge in [0, 0.05) is 25.0 Å². The van der Waals surface area contributed by atoms with E-state index in [1.54, 1.807) is 43.3 Å². The fraction of sp³-hybridized carbons (Fsp3) is 0.308. The van der Waals surface area contributed by atoms with E-state index in [4.69, 9.17) is 9.47 Å². The van der Waals surface area contributed by atoms with Crippen molar-refractivity contribution in [2.45, 2.75) is 6.10 Å². The van der Waals surface area contributed by atoms with Gasteiger partial charge < -0.3 is 19.1 Å². The predicted molar refractivity (Wildman–Crippen MR) is 74.5 cm³/mol. The van der Waals surface area contributed by atoms with Crippen LogP contribution in [0.5, 0.6) is 11.5 Å². The number of aryl methyl sites for hydroxylation is 1. The zero-order chi connectivity index (χ0) is 14.0. The molecule has 0 radical (unpaired) electrons. The van der Waals surface area contributed by atoms with Crippen LogP contribution < -0.4 is 9.47 Å². The summed E-state index contributed by atoms with van der Waals surface area (Å²) in [5, 5.41) is 10.4. The third-order valence-electron chi connectivity index (χ3n) is 2.91. The van der Waals surface area contributed by atoms with Gasteiger partial charge in [-0.05, 0) is 28.1 Å². The molecule has 6 heteroatoms. The van der Waals surface area contributed by atoms with Crippen LogP contribution in [0.2, 0.25) is 0 Å². The molecule has 1 N–H and O–H groups in total. The Morgan fingerprint density at radius 1 is 1.32 bits per heavy atom. The van der Waals surface area contributed by atoms with Crippen molar-refractivity contribution in [3.8, 4) is 11.5 Å². The van der Waals surface area contributed by atoms with Gasteiger partial charge in [-0.15, -0.1) is 0 Å². The number of hydrogen-bond acceptors (Lipinski definition) is 4. The highest BCUT2D eigenvalue weighted by molar-refractivity contribution is 9.10. The molecule has 19 heavy (non-hydrogen) atoms. The van der Waals surface area contributed by atoms with E-state index in [0.717, 1.165) is 0 Å². The molecule has 2 aromatic rings. The molecule has 0 aliphatic heterocycles. The molecule has 1 atom stereocenters. The summed E-state index contributed by atoms with van der Waals surface area (Å²) < 4.78 is 13.0. The van der Waals surface area contributed by atoms with Gasteiger partial charge in [0.1, 0.15) is 27.9 Å². The number of rotatable bonds is 4. The van der Waals surface area contributed by atoms with Gasteiger partial charge in [0.15, 0.2) is 0 Å². The van der Waals surface area contributed by atoms with Crippen LogP contribution in [0.25, 0.3) is 0 Å². The molecule has 2 rings (SSSR count). The van der Waals surface area contributed by atoms with E-state index in [-0.39, 0.29) is 0 Å². The van der Waals surface area contributed by atoms with Crippen molar-refractivity contribution in [3.05, 3.63) is 40.4 Å². The maximum Gasteiger partial charge on any atom is 0.143 e. The number of benzene rings is 1. The Bertz CT molecular complexity index is 583. The second kappa shape index (κ2) is 5.63. The lowest BCUT2D eigenvalue weighted by Crippen LogP contribution is -2.09. The van der Waals surface area contributed by atoms with Crippen LogP contribution >= 0.6 is 15.9 Å². The number of imidazole rings is 1. The van der Waals surface area contributed by atoms with Crippen LogP contribution in [-0.4, -0.2) is 28.9 Å². The van der Waals surface area contributed by atoms with Crippen molar-refractivity contribution in [1.29, 1.82) is 0 Å². The van der Waals surface area contributed by atoms with E-state index >= 15 is 0 Å². The molecule has 0 bridgehead atoms. The van der Waals surface area contributed by atoms with Crippen LogP contribution in [0, 0.1) is 0 Å². The molecule has 102 valence electrons. The second-order valence-corrected chi connectivity index (χ2v) is 4.80. The minimum atomic E-state index is -0.864. The first-order valence-corrected chi connectivity index (χ1v) is 6.45. The van der Waals surface area contributed by atoms with Crippen molar-refractivity contribution in [3.63, 3.8) is 0 Å². The Kier molecular flexibility index (Phi) is 4.11. The number of ether oxygens (including phenoxy) is 2. The fourth-order valence-electron chi connectivity index (χ4n) is 1.91. The SMILES string of the molecule is COc1ccc(C(O)c2nccn2C)c(OC)c1Br. The number of hydrogen-bond donors (Lipinski definition) is 1. The third-order valence-corrected chi connectivity index (χ3v) is 3.66. The van der Waals surface area contributed by atoms with Gasteiger partial charge in [-0.3, -0.25) is 0 Å². The molecule has 0 spiro atoms. The van der Waals surface area contributed by atoms with Crippen molar-refractivity contribution in [2.24, 2.45) is 7.05 Å². The summed E-state index contributed by atoms with van der Waals surface area (Å²) in [4.78, 5) is 4.15. The zero-order valence-electron chi connectivity index (χ0n) is 10.9. The van der Waals surface area contributed by atoms with Gasteiger partial charge >= 0.3 is 0 Å². The van der Waals surface area contributed by atoms with E-state index in [0.29, 0.717) is 27.4 Å². The summed E-state index contributed by atoms with van der Waals surface area (Å²) in [6.45, 7) is 0. The summed E-state index contributed by atoms with van der Waals surface area (Å²) >= 11 is 3.41. The van der Waals surface area contributed by atoms with Crippen LogP contribution in [-0.2, 0) is 7.05 Å². The summed E-state index contributed by atoms with van der Waals surface area (Å²) in [5.41, 5.74) is 0.629. The molecule has 0 fully saturated rings. The maximum atomic E-state index is 10.4. The Morgan fingerprint density at radius 3 is 2.58 bits per heavy atom. The zero-order valence-corrected chi connectivity index (χ0v) is 12.5. The lowest BCUT2D eigenvalue weighted by atomic mass is 10.1. The van der Waals surface area contributed by atoms with Gasteiger partial charge in [0.2, 0.25) is 0 Å². The third kappa shape index (κ3) is 2.46. The molecule has 0 aliphatic rings. The van der Waals surface area contributed by atoms with Gasteiger partial charge in [-0.2, -0.15) is 0 Å². The first-order valence-electron chi connectivity index (χ1n) is 5.65. The molecule has 1 heterocycles. The molecule has 0 saturated heterocycles. The predicted octanol–water partition coefficient (Wildman–Crippen LogP) is 2.28. The summed E-state index contributed by atoms with van der Waals surface area (Å²) in [5.74, 6) is 1.73. The molecule has 0 saturated carbocycles. The van der Waals surface area contributed by atoms with Crippen LogP contribution in [0.15, 0.2) is 29.0 Å². The molecule has 0 amide bonds. The van der Waals surface area contributed by atoms with Crippen molar-refractivity contribution in [2.75, 3.05) is 14.2 Å². The molecule has 1 aromatic carbocycles. The first kappa shape index (κ1) is 13.9. The average Bonchev–Trinajstić information content (AvgIpc) is 2.83. The molecule has 5 nitrogen and oxygen atoms in total. The van der Waals surface area contributed by atoms with Crippen LogP contribution in [0.4, 0.5) is 0 Å². The van der Waals surface area contributed by atoms with Crippen LogP contribution in [0.3, 0.4) is 0 Å². The topological polar surface area (TPSA) is 56.5 Å². The smallest absolute Gasteiger partial charge is 0.143 e. The van der Waals surface area contributed by atoms with E-state index in [2.05, 4.69) is 20.9 Å². The van der Waals surface area contributed by atoms with E-state index in [1.165, 1.54) is 0 Å². The lowest BCUT2D eigenvalue weighted by molar-refractivity contribution is 0.200. The number of halogens is 1. The monoisotopic (exact) mass is 326 g/mol. The van der Waals surface area contributed by atoms with Gasteiger partial charge in [-0.1, -0.05) is 0 Å². The van der Waals surface area contributed by atoms with Crippen LogP contribution in [0.1, 0.15) is 17.5 Å². The number of aliphatic hydroxyl groups excluding tert-OH is 1. The first-order chi connectivity index (χ1) is 9.10. The fourth-order valence-corrected chi connectivity index (χ4v) is 2.60.